The number of rotatable bonds is 1. The Morgan fingerprint density at radius 2 is 2.11 bits per heavy atom. The molecule has 2 unspecified atom stereocenters. The fourth-order valence-electron chi connectivity index (χ4n) is 3.16. The minimum absolute atomic E-state index is 0.0717. The van der Waals surface area contributed by atoms with Gasteiger partial charge in [0.25, 0.3) is 0 Å². The third-order valence-corrected chi connectivity index (χ3v) is 4.85. The Morgan fingerprint density at radius 1 is 1.44 bits per heavy atom. The summed E-state index contributed by atoms with van der Waals surface area (Å²) in [4.78, 5) is 0. The number of hydrogen-bond donors (Lipinski definition) is 1. The summed E-state index contributed by atoms with van der Waals surface area (Å²) in [7, 11) is 0. The number of nitrogens with zero attached hydrogens (tertiary/aromatic N) is 1. The van der Waals surface area contributed by atoms with Gasteiger partial charge in [-0.25, -0.2) is 0 Å². The molecule has 1 aromatic carbocycles. The molecule has 0 fully saturated rings. The molecule has 0 saturated carbocycles. The molecule has 2 nitrogen and oxygen atoms in total. The molecule has 0 saturated heterocycles. The number of fused-ring (bicyclic) bond motifs is 1. The third-order valence-electron chi connectivity index (χ3n) is 4.85. The highest BCUT2D eigenvalue weighted by molar-refractivity contribution is 5.63. The molecule has 96 valence electrons. The van der Waals surface area contributed by atoms with E-state index in [1.54, 1.807) is 0 Å². The summed E-state index contributed by atoms with van der Waals surface area (Å²) in [6.45, 7) is 9.01. The number of anilines is 1. The largest absolute Gasteiger partial charge is 0.398 e. The van der Waals surface area contributed by atoms with E-state index in [1.807, 2.05) is 6.07 Å². The van der Waals surface area contributed by atoms with Crippen molar-refractivity contribution < 1.29 is 0 Å². The average molecular weight is 242 g/mol. The van der Waals surface area contributed by atoms with Gasteiger partial charge in [0.15, 0.2) is 0 Å². The zero-order valence-corrected chi connectivity index (χ0v) is 11.7. The summed E-state index contributed by atoms with van der Waals surface area (Å²) in [5, 5.41) is 9.44. The Balaban J connectivity index is 2.77. The zero-order chi connectivity index (χ0) is 13.5. The van der Waals surface area contributed by atoms with E-state index in [4.69, 9.17) is 5.73 Å². The summed E-state index contributed by atoms with van der Waals surface area (Å²) >= 11 is 0. The Labute approximate surface area is 110 Å². The van der Waals surface area contributed by atoms with Gasteiger partial charge in [0.2, 0.25) is 0 Å². The second-order valence-corrected chi connectivity index (χ2v) is 6.12. The first-order valence-corrected chi connectivity index (χ1v) is 6.74. The van der Waals surface area contributed by atoms with Crippen LogP contribution in [-0.2, 0) is 5.41 Å². The van der Waals surface area contributed by atoms with Crippen LogP contribution >= 0.6 is 0 Å². The van der Waals surface area contributed by atoms with E-state index in [9.17, 15) is 5.26 Å². The maximum atomic E-state index is 9.44. The Bertz CT molecular complexity index is 511. The molecule has 18 heavy (non-hydrogen) atoms. The van der Waals surface area contributed by atoms with E-state index in [0.717, 1.165) is 6.42 Å². The summed E-state index contributed by atoms with van der Waals surface area (Å²) in [6.07, 6.45) is 2.33. The summed E-state index contributed by atoms with van der Waals surface area (Å²) in [5.74, 6) is 1.04. The van der Waals surface area contributed by atoms with Crippen LogP contribution in [0.1, 0.15) is 63.1 Å². The molecule has 1 aromatic rings. The Kier molecular flexibility index (Phi) is 3.11. The van der Waals surface area contributed by atoms with Crippen LogP contribution in [0, 0.1) is 17.2 Å². The normalized spacial score (nSPS) is 26.8. The van der Waals surface area contributed by atoms with Gasteiger partial charge in [-0.15, -0.1) is 0 Å². The van der Waals surface area contributed by atoms with Crippen molar-refractivity contribution in [1.29, 1.82) is 5.26 Å². The lowest BCUT2D eigenvalue weighted by Gasteiger charge is -2.42. The van der Waals surface area contributed by atoms with Crippen LogP contribution in [0.5, 0.6) is 0 Å². The molecular weight excluding hydrogens is 220 g/mol. The second kappa shape index (κ2) is 4.31. The van der Waals surface area contributed by atoms with Gasteiger partial charge >= 0.3 is 0 Å². The first-order valence-electron chi connectivity index (χ1n) is 6.74. The first kappa shape index (κ1) is 13.0. The van der Waals surface area contributed by atoms with Crippen LogP contribution in [0.3, 0.4) is 0 Å². The Hall–Kier alpha value is -1.49. The van der Waals surface area contributed by atoms with Crippen molar-refractivity contribution in [2.24, 2.45) is 5.92 Å². The molecule has 2 N–H and O–H groups in total. The molecule has 0 heterocycles. The van der Waals surface area contributed by atoms with Gasteiger partial charge in [-0.1, -0.05) is 33.8 Å². The van der Waals surface area contributed by atoms with Gasteiger partial charge in [-0.2, -0.15) is 5.26 Å². The molecule has 2 heteroatoms. The fraction of sp³-hybridized carbons (Fsp3) is 0.562. The van der Waals surface area contributed by atoms with Crippen LogP contribution in [0.2, 0.25) is 0 Å². The highest BCUT2D eigenvalue weighted by Gasteiger charge is 2.39. The standard InChI is InChI=1S/C16H22N2/c1-10(2)16(4)8-7-11(3)12-5-6-14(18)13(9-17)15(12)16/h5-6,10-11H,7-8,18H2,1-4H3. The highest BCUT2D eigenvalue weighted by atomic mass is 14.6. The highest BCUT2D eigenvalue weighted by Crippen LogP contribution is 2.48. The monoisotopic (exact) mass is 242 g/mol. The summed E-state index contributed by atoms with van der Waals surface area (Å²) in [6, 6.07) is 6.34. The SMILES string of the molecule is CC1CCC(C)(C(C)C)c2c1ccc(N)c2C#N. The van der Waals surface area contributed by atoms with Gasteiger partial charge in [0.05, 0.1) is 5.56 Å². The molecule has 2 atom stereocenters. The molecule has 1 aliphatic carbocycles. The minimum atomic E-state index is 0.0717. The van der Waals surface area contributed by atoms with Crippen molar-refractivity contribution >= 4 is 5.69 Å². The second-order valence-electron chi connectivity index (χ2n) is 6.12. The molecule has 1 aliphatic rings. The number of hydrogen-bond acceptors (Lipinski definition) is 2. The van der Waals surface area contributed by atoms with E-state index in [0.29, 0.717) is 23.1 Å². The van der Waals surface area contributed by atoms with E-state index in [-0.39, 0.29) is 5.41 Å². The van der Waals surface area contributed by atoms with Crippen molar-refractivity contribution in [2.45, 2.75) is 51.9 Å². The Morgan fingerprint density at radius 3 is 2.67 bits per heavy atom. The summed E-state index contributed by atoms with van der Waals surface area (Å²) in [5.41, 5.74) is 9.93. The number of nitrogen functional groups attached to an aromatic ring is 1. The molecule has 0 spiro atoms. The van der Waals surface area contributed by atoms with Crippen molar-refractivity contribution in [3.8, 4) is 6.07 Å². The van der Waals surface area contributed by atoms with E-state index >= 15 is 0 Å². The molecule has 0 aromatic heterocycles. The predicted octanol–water partition coefficient (Wildman–Crippen LogP) is 3.95. The van der Waals surface area contributed by atoms with Gasteiger partial charge in [0, 0.05) is 5.69 Å². The maximum Gasteiger partial charge on any atom is 0.102 e. The number of nitriles is 1. The van der Waals surface area contributed by atoms with Gasteiger partial charge < -0.3 is 5.73 Å². The van der Waals surface area contributed by atoms with Crippen LogP contribution in [-0.4, -0.2) is 0 Å². The number of nitrogens with two attached hydrogens (primary N) is 1. The lowest BCUT2D eigenvalue weighted by atomic mass is 9.61. The molecule has 0 aliphatic heterocycles. The van der Waals surface area contributed by atoms with Gasteiger partial charge in [-0.05, 0) is 47.3 Å². The quantitative estimate of drug-likeness (QED) is 0.758. The topological polar surface area (TPSA) is 49.8 Å². The lowest BCUT2D eigenvalue weighted by Crippen LogP contribution is -2.35. The zero-order valence-electron chi connectivity index (χ0n) is 11.7. The number of benzene rings is 1. The summed E-state index contributed by atoms with van der Waals surface area (Å²) < 4.78 is 0. The molecule has 0 bridgehead atoms. The first-order chi connectivity index (χ1) is 8.41. The van der Waals surface area contributed by atoms with Crippen molar-refractivity contribution in [1.82, 2.24) is 0 Å². The van der Waals surface area contributed by atoms with Crippen LogP contribution in [0.4, 0.5) is 5.69 Å². The smallest absolute Gasteiger partial charge is 0.102 e. The minimum Gasteiger partial charge on any atom is -0.398 e. The van der Waals surface area contributed by atoms with E-state index < -0.39 is 0 Å². The fourth-order valence-corrected chi connectivity index (χ4v) is 3.16. The van der Waals surface area contributed by atoms with Gasteiger partial charge in [-0.3, -0.25) is 0 Å². The van der Waals surface area contributed by atoms with Crippen molar-refractivity contribution in [2.75, 3.05) is 5.73 Å². The predicted molar refractivity (Wildman–Crippen MR) is 75.4 cm³/mol. The van der Waals surface area contributed by atoms with E-state index in [1.165, 1.54) is 17.5 Å². The van der Waals surface area contributed by atoms with Crippen molar-refractivity contribution in [3.05, 3.63) is 28.8 Å². The molecular formula is C16H22N2. The third kappa shape index (κ3) is 1.70. The van der Waals surface area contributed by atoms with Crippen molar-refractivity contribution in [3.63, 3.8) is 0 Å². The van der Waals surface area contributed by atoms with Crippen LogP contribution in [0.25, 0.3) is 0 Å². The average Bonchev–Trinajstić information content (AvgIpc) is 2.33. The lowest BCUT2D eigenvalue weighted by molar-refractivity contribution is 0.277. The molecule has 2 rings (SSSR count). The van der Waals surface area contributed by atoms with E-state index in [2.05, 4.69) is 39.8 Å². The maximum absolute atomic E-state index is 9.44. The van der Waals surface area contributed by atoms with Crippen LogP contribution in [0.15, 0.2) is 12.1 Å². The van der Waals surface area contributed by atoms with Gasteiger partial charge in [0.1, 0.15) is 6.07 Å². The molecule has 0 radical (unpaired) electrons. The van der Waals surface area contributed by atoms with Crippen LogP contribution < -0.4 is 5.73 Å². The molecule has 0 amide bonds.